The number of hydrogen-bond acceptors (Lipinski definition) is 8. The van der Waals surface area contributed by atoms with Gasteiger partial charge in [-0.05, 0) is 216 Å². The lowest BCUT2D eigenvalue weighted by molar-refractivity contribution is 0.627. The van der Waals surface area contributed by atoms with Crippen LogP contribution in [-0.4, -0.2) is 29.9 Å². The van der Waals surface area contributed by atoms with E-state index in [0.717, 1.165) is 43.5 Å². The first-order chi connectivity index (χ1) is 59.9. The summed E-state index contributed by atoms with van der Waals surface area (Å²) in [7, 11) is 0. The van der Waals surface area contributed by atoms with Gasteiger partial charge in [0.05, 0.1) is 11.4 Å². The highest BCUT2D eigenvalue weighted by molar-refractivity contribution is 9.10. The van der Waals surface area contributed by atoms with Crippen LogP contribution < -0.4 is 10.2 Å². The summed E-state index contributed by atoms with van der Waals surface area (Å²) < 4.78 is 0.993. The fraction of sp³-hybridized carbons (Fsp3) is 0.105. The van der Waals surface area contributed by atoms with Crippen LogP contribution in [0.1, 0.15) is 99.9 Å². The van der Waals surface area contributed by atoms with Crippen molar-refractivity contribution in [3.63, 3.8) is 0 Å². The largest absolute Gasteiger partial charge is 0.355 e. The molecule has 0 atom stereocenters. The molecule has 123 heavy (non-hydrogen) atoms. The van der Waals surface area contributed by atoms with E-state index in [2.05, 4.69) is 329 Å². The van der Waals surface area contributed by atoms with Crippen molar-refractivity contribution in [1.82, 2.24) is 29.9 Å². The SMILES string of the molecule is Brc1cccc(-c2nc(-c3ccccc3)nc(-c3ccccc3)n2)c1.CC1(C)c2cc3c(cc2-c2cc4c5ccccc5c5ccccc5c4cc21)C(C)(C)c1ccccc1N3c1cccc(-c2nc(-c3ccccc3)nc(-c3ccccc3)n2)c1.CC1(C)c2ccccc2Nc2cc3c(cc21)-c1cc2c4ccccc4c4ccccc4c2cc1C3(C)C. The molecule has 0 spiro atoms. The highest BCUT2D eigenvalue weighted by atomic mass is 79.9. The molecule has 0 unspecified atom stereocenters. The third-order valence-corrected chi connectivity index (χ3v) is 26.9. The number of nitrogens with one attached hydrogen (secondary N) is 1. The molecule has 4 heterocycles. The Hall–Kier alpha value is -14.4. The first-order valence-corrected chi connectivity index (χ1v) is 43.2. The highest BCUT2D eigenvalue weighted by Crippen LogP contribution is 2.60. The smallest absolute Gasteiger partial charge is 0.164 e. The van der Waals surface area contributed by atoms with Crippen molar-refractivity contribution >= 4 is 109 Å². The van der Waals surface area contributed by atoms with E-state index in [9.17, 15) is 0 Å². The summed E-state index contributed by atoms with van der Waals surface area (Å²) in [4.78, 5) is 31.7. The number of hydrogen-bond donors (Lipinski definition) is 1. The molecule has 9 heteroatoms. The van der Waals surface area contributed by atoms with Gasteiger partial charge in [-0.15, -0.1) is 0 Å². The highest BCUT2D eigenvalue weighted by Gasteiger charge is 2.44. The molecule has 0 radical (unpaired) electrons. The van der Waals surface area contributed by atoms with Gasteiger partial charge in [-0.25, -0.2) is 29.9 Å². The lowest BCUT2D eigenvalue weighted by Crippen LogP contribution is -2.31. The quantitative estimate of drug-likeness (QED) is 0.158. The minimum atomic E-state index is -0.259. The van der Waals surface area contributed by atoms with Gasteiger partial charge < -0.3 is 10.2 Å². The van der Waals surface area contributed by atoms with Gasteiger partial charge in [0.2, 0.25) is 0 Å². The van der Waals surface area contributed by atoms with Crippen molar-refractivity contribution in [2.45, 2.75) is 77.0 Å². The average Bonchev–Trinajstić information content (AvgIpc) is 1.57. The van der Waals surface area contributed by atoms with E-state index in [4.69, 9.17) is 24.9 Å². The Morgan fingerprint density at radius 3 is 0.959 bits per heavy atom. The standard InChI is InChI=1S/C57H42N4.C36H29N.C21H14BrN3/c1-56(2)47-28-15-16-29-51(47)61(38-23-17-22-37(30-38)55-59-53(35-18-7-5-8-19-35)58-54(60-55)36-20-9-6-10-21-36)52-34-49-46(33-50(52)56)45-31-43-41-26-13-11-24-39(41)40-25-12-14-27-42(40)44(43)32-48(45)57(49,3)4;1-35(2)29-15-9-10-16-33(29)37-34-20-31-28(19-32(34)35)27-17-25-23-13-7-5-11-21(23)22-12-6-8-14-24(22)26(25)18-30(27)36(31,3)4;22-18-13-7-12-17(14-18)21-24-19(15-8-3-1-4-9-15)23-20(25-21)16-10-5-2-6-11-16/h5-34H,1-4H3;5-20,37H,1-4H3;1-14H. The Kier molecular flexibility index (Phi) is 17.6. The molecule has 0 amide bonds. The minimum Gasteiger partial charge on any atom is -0.355 e. The van der Waals surface area contributed by atoms with Gasteiger partial charge in [0.25, 0.3) is 0 Å². The third-order valence-electron chi connectivity index (χ3n) is 26.5. The second-order valence-electron chi connectivity index (χ2n) is 35.1. The molecule has 20 aromatic rings. The first kappa shape index (κ1) is 74.9. The van der Waals surface area contributed by atoms with Crippen molar-refractivity contribution in [2.24, 2.45) is 0 Å². The van der Waals surface area contributed by atoms with Crippen LogP contribution in [0.5, 0.6) is 0 Å². The zero-order valence-electron chi connectivity index (χ0n) is 69.6. The number of nitrogens with zero attached hydrogens (tertiary/aromatic N) is 7. The van der Waals surface area contributed by atoms with E-state index in [1.165, 1.54) is 154 Å². The summed E-state index contributed by atoms with van der Waals surface area (Å²) in [6.07, 6.45) is 0. The molecule has 588 valence electrons. The van der Waals surface area contributed by atoms with Crippen LogP contribution in [0.2, 0.25) is 0 Å². The molecular formula is C114H85BrN8. The van der Waals surface area contributed by atoms with E-state index >= 15 is 0 Å². The monoisotopic (exact) mass is 1640 g/mol. The molecule has 0 saturated heterocycles. The van der Waals surface area contributed by atoms with E-state index in [1.807, 2.05) is 121 Å². The molecule has 2 aliphatic carbocycles. The zero-order chi connectivity index (χ0) is 83.2. The molecule has 0 bridgehead atoms. The summed E-state index contributed by atoms with van der Waals surface area (Å²) >= 11 is 3.52. The van der Waals surface area contributed by atoms with Crippen LogP contribution in [0.3, 0.4) is 0 Å². The maximum absolute atomic E-state index is 5.11. The zero-order valence-corrected chi connectivity index (χ0v) is 71.2. The Labute approximate surface area is 724 Å². The predicted octanol–water partition coefficient (Wildman–Crippen LogP) is 30.2. The lowest BCUT2D eigenvalue weighted by atomic mass is 9.72. The normalized spacial score (nSPS) is 14.2. The number of benzene rings is 18. The Morgan fingerprint density at radius 2 is 0.520 bits per heavy atom. The van der Waals surface area contributed by atoms with Crippen LogP contribution in [0.4, 0.5) is 28.4 Å². The molecule has 0 fully saturated rings. The Bertz CT molecular complexity index is 7610. The summed E-state index contributed by atoms with van der Waals surface area (Å²) in [5.74, 6) is 3.94. The number of rotatable bonds is 7. The predicted molar refractivity (Wildman–Crippen MR) is 515 cm³/mol. The van der Waals surface area contributed by atoms with Gasteiger partial charge in [0.1, 0.15) is 0 Å². The number of anilines is 5. The molecule has 4 aliphatic rings. The number of halogens is 1. The molecule has 2 aliphatic heterocycles. The molecule has 1 N–H and O–H groups in total. The maximum atomic E-state index is 5.11. The van der Waals surface area contributed by atoms with E-state index < -0.39 is 0 Å². The van der Waals surface area contributed by atoms with Crippen LogP contribution in [0.15, 0.2) is 368 Å². The second kappa shape index (κ2) is 28.9. The van der Waals surface area contributed by atoms with Crippen molar-refractivity contribution < 1.29 is 0 Å². The third kappa shape index (κ3) is 12.4. The summed E-state index contributed by atoms with van der Waals surface area (Å²) in [6.45, 7) is 19.1. The van der Waals surface area contributed by atoms with Crippen LogP contribution in [0, 0.1) is 0 Å². The summed E-state index contributed by atoms with van der Waals surface area (Å²) in [5.41, 5.74) is 27.3. The van der Waals surface area contributed by atoms with E-state index in [1.54, 1.807) is 0 Å². The average molecular weight is 1650 g/mol. The van der Waals surface area contributed by atoms with E-state index in [-0.39, 0.29) is 21.7 Å². The van der Waals surface area contributed by atoms with E-state index in [0.29, 0.717) is 34.9 Å². The van der Waals surface area contributed by atoms with Gasteiger partial charge in [-0.3, -0.25) is 0 Å². The number of fused-ring (bicyclic) bond motifs is 22. The molecule has 24 rings (SSSR count). The fourth-order valence-corrected chi connectivity index (χ4v) is 20.5. The molecule has 2 aromatic heterocycles. The van der Waals surface area contributed by atoms with Crippen LogP contribution in [-0.2, 0) is 21.7 Å². The Morgan fingerprint density at radius 1 is 0.211 bits per heavy atom. The topological polar surface area (TPSA) is 92.6 Å². The van der Waals surface area contributed by atoms with Gasteiger partial charge in [-0.1, -0.05) is 350 Å². The minimum absolute atomic E-state index is 0.0706. The van der Waals surface area contributed by atoms with Gasteiger partial charge in [-0.2, -0.15) is 0 Å². The summed E-state index contributed by atoms with van der Waals surface area (Å²) in [6, 6.07) is 130. The molecule has 8 nitrogen and oxygen atoms in total. The summed E-state index contributed by atoms with van der Waals surface area (Å²) in [5, 5.41) is 19.6. The van der Waals surface area contributed by atoms with Crippen molar-refractivity contribution in [1.29, 1.82) is 0 Å². The molecule has 18 aromatic carbocycles. The van der Waals surface area contributed by atoms with Gasteiger partial charge in [0.15, 0.2) is 34.9 Å². The second-order valence-corrected chi connectivity index (χ2v) is 36.0. The molecular weight excluding hydrogens is 1560 g/mol. The maximum Gasteiger partial charge on any atom is 0.164 e. The number of para-hydroxylation sites is 2. The molecule has 0 saturated carbocycles. The number of aromatic nitrogens is 6. The van der Waals surface area contributed by atoms with Crippen molar-refractivity contribution in [3.05, 3.63) is 413 Å². The van der Waals surface area contributed by atoms with Crippen LogP contribution in [0.25, 0.3) is 155 Å². The lowest BCUT2D eigenvalue weighted by Gasteiger charge is -2.43. The van der Waals surface area contributed by atoms with Crippen molar-refractivity contribution in [2.75, 3.05) is 10.2 Å². The Balaban J connectivity index is 0.000000123. The first-order valence-electron chi connectivity index (χ1n) is 42.4. The van der Waals surface area contributed by atoms with Gasteiger partial charge in [0, 0.05) is 76.6 Å². The van der Waals surface area contributed by atoms with Gasteiger partial charge >= 0.3 is 0 Å². The van der Waals surface area contributed by atoms with Crippen molar-refractivity contribution in [3.8, 4) is 90.6 Å². The van der Waals surface area contributed by atoms with Crippen LogP contribution >= 0.6 is 15.9 Å². The fourth-order valence-electron chi connectivity index (χ4n) is 20.1.